The lowest BCUT2D eigenvalue weighted by molar-refractivity contribution is 0.0693. The fraction of sp³-hybridized carbons (Fsp3) is 0.500. The van der Waals surface area contributed by atoms with Crippen LogP contribution in [0.3, 0.4) is 0 Å². The van der Waals surface area contributed by atoms with E-state index >= 15 is 0 Å². The first-order chi connectivity index (χ1) is 10.2. The minimum Gasteiger partial charge on any atom is -0.478 e. The summed E-state index contributed by atoms with van der Waals surface area (Å²) in [6.45, 7) is 3.14. The highest BCUT2D eigenvalue weighted by molar-refractivity contribution is 5.87. The van der Waals surface area contributed by atoms with Gasteiger partial charge in [-0.05, 0) is 61.8 Å². The van der Waals surface area contributed by atoms with Crippen molar-refractivity contribution in [1.29, 1.82) is 0 Å². The number of allylic oxidation sites excluding steroid dienone is 2. The molecule has 1 unspecified atom stereocenters. The Kier molecular flexibility index (Phi) is 4.11. The van der Waals surface area contributed by atoms with Gasteiger partial charge in [0.1, 0.15) is 0 Å². The highest BCUT2D eigenvalue weighted by Gasteiger charge is 2.34. The summed E-state index contributed by atoms with van der Waals surface area (Å²) in [6.07, 6.45) is 11.0. The quantitative estimate of drug-likeness (QED) is 0.861. The fourth-order valence-electron chi connectivity index (χ4n) is 3.82. The van der Waals surface area contributed by atoms with Crippen molar-refractivity contribution in [2.45, 2.75) is 38.6 Å². The molecule has 21 heavy (non-hydrogen) atoms. The number of hydrogen-bond donors (Lipinski definition) is 1. The van der Waals surface area contributed by atoms with Crippen LogP contribution >= 0.6 is 0 Å². The number of piperidine rings is 1. The van der Waals surface area contributed by atoms with E-state index in [2.05, 4.69) is 17.1 Å². The van der Waals surface area contributed by atoms with Gasteiger partial charge in [-0.1, -0.05) is 24.3 Å². The minimum atomic E-state index is -0.843. The maximum Gasteiger partial charge on any atom is 0.335 e. The second kappa shape index (κ2) is 6.02. The predicted octanol–water partition coefficient (Wildman–Crippen LogP) is 3.71. The van der Waals surface area contributed by atoms with Crippen LogP contribution in [0.1, 0.15) is 48.0 Å². The molecule has 112 valence electrons. The molecule has 1 saturated heterocycles. The van der Waals surface area contributed by atoms with Crippen LogP contribution in [0.2, 0.25) is 0 Å². The summed E-state index contributed by atoms with van der Waals surface area (Å²) in [5.74, 6) is -0.843. The molecule has 1 aliphatic carbocycles. The van der Waals surface area contributed by atoms with Crippen LogP contribution < -0.4 is 0 Å². The maximum absolute atomic E-state index is 11.1. The summed E-state index contributed by atoms with van der Waals surface area (Å²) in [4.78, 5) is 13.6. The smallest absolute Gasteiger partial charge is 0.335 e. The van der Waals surface area contributed by atoms with Gasteiger partial charge in [-0.2, -0.15) is 0 Å². The molecule has 2 aliphatic rings. The van der Waals surface area contributed by atoms with Crippen LogP contribution in [0, 0.1) is 5.41 Å². The molecule has 1 fully saturated rings. The van der Waals surface area contributed by atoms with E-state index in [9.17, 15) is 4.79 Å². The SMILES string of the molecule is O=C(O)c1cccc(CN2CCCC3(CC=CCC3)C2)c1. The van der Waals surface area contributed by atoms with Crippen LogP contribution in [0.5, 0.6) is 0 Å². The van der Waals surface area contributed by atoms with Crippen molar-refractivity contribution in [2.75, 3.05) is 13.1 Å². The van der Waals surface area contributed by atoms with Gasteiger partial charge in [0, 0.05) is 13.1 Å². The van der Waals surface area contributed by atoms with E-state index in [-0.39, 0.29) is 0 Å². The first kappa shape index (κ1) is 14.3. The molecular weight excluding hydrogens is 262 g/mol. The number of carbonyl (C=O) groups is 1. The van der Waals surface area contributed by atoms with E-state index in [1.807, 2.05) is 18.2 Å². The summed E-state index contributed by atoms with van der Waals surface area (Å²) < 4.78 is 0. The van der Waals surface area contributed by atoms with Crippen molar-refractivity contribution < 1.29 is 9.90 Å². The number of benzene rings is 1. The van der Waals surface area contributed by atoms with Crippen LogP contribution in [-0.2, 0) is 6.54 Å². The molecule has 0 radical (unpaired) electrons. The van der Waals surface area contributed by atoms with Crippen LogP contribution in [0.4, 0.5) is 0 Å². The molecule has 1 N–H and O–H groups in total. The van der Waals surface area contributed by atoms with Gasteiger partial charge in [0.15, 0.2) is 0 Å². The largest absolute Gasteiger partial charge is 0.478 e. The number of hydrogen-bond acceptors (Lipinski definition) is 2. The second-order valence-electron chi connectivity index (χ2n) is 6.53. The molecule has 1 spiro atoms. The van der Waals surface area contributed by atoms with Crippen molar-refractivity contribution in [1.82, 2.24) is 4.90 Å². The maximum atomic E-state index is 11.1. The van der Waals surface area contributed by atoms with E-state index in [0.717, 1.165) is 25.2 Å². The molecule has 1 aromatic rings. The average Bonchev–Trinajstić information content (AvgIpc) is 2.48. The number of likely N-dealkylation sites (tertiary alicyclic amines) is 1. The van der Waals surface area contributed by atoms with Crippen molar-refractivity contribution >= 4 is 5.97 Å². The molecule has 1 aliphatic heterocycles. The van der Waals surface area contributed by atoms with Crippen molar-refractivity contribution in [3.05, 3.63) is 47.5 Å². The van der Waals surface area contributed by atoms with Crippen LogP contribution in [0.15, 0.2) is 36.4 Å². The molecule has 3 nitrogen and oxygen atoms in total. The zero-order valence-corrected chi connectivity index (χ0v) is 12.4. The molecule has 1 aromatic carbocycles. The highest BCUT2D eigenvalue weighted by Crippen LogP contribution is 2.41. The number of nitrogens with zero attached hydrogens (tertiary/aromatic N) is 1. The monoisotopic (exact) mass is 285 g/mol. The van der Waals surface area contributed by atoms with Crippen molar-refractivity contribution in [2.24, 2.45) is 5.41 Å². The van der Waals surface area contributed by atoms with Gasteiger partial charge < -0.3 is 5.11 Å². The van der Waals surface area contributed by atoms with E-state index in [4.69, 9.17) is 5.11 Å². The molecule has 0 saturated carbocycles. The van der Waals surface area contributed by atoms with Crippen molar-refractivity contribution in [3.63, 3.8) is 0 Å². The minimum absolute atomic E-state index is 0.389. The third kappa shape index (κ3) is 3.35. The Morgan fingerprint density at radius 3 is 2.95 bits per heavy atom. The van der Waals surface area contributed by atoms with Gasteiger partial charge >= 0.3 is 5.97 Å². The van der Waals surface area contributed by atoms with Crippen LogP contribution in [0.25, 0.3) is 0 Å². The predicted molar refractivity (Wildman–Crippen MR) is 83.3 cm³/mol. The molecule has 0 amide bonds. The Balaban J connectivity index is 1.68. The molecule has 1 atom stereocenters. The zero-order valence-electron chi connectivity index (χ0n) is 12.4. The number of carboxylic acid groups (broad SMARTS) is 1. The zero-order chi connectivity index (χ0) is 14.7. The Morgan fingerprint density at radius 2 is 2.19 bits per heavy atom. The van der Waals surface area contributed by atoms with E-state index in [0.29, 0.717) is 11.0 Å². The van der Waals surface area contributed by atoms with E-state index < -0.39 is 5.97 Å². The molecule has 0 aromatic heterocycles. The normalized spacial score (nSPS) is 26.1. The summed E-state index contributed by atoms with van der Waals surface area (Å²) in [6, 6.07) is 7.36. The fourth-order valence-corrected chi connectivity index (χ4v) is 3.82. The van der Waals surface area contributed by atoms with Gasteiger partial charge in [0.2, 0.25) is 0 Å². The third-order valence-electron chi connectivity index (χ3n) is 4.88. The lowest BCUT2D eigenvalue weighted by atomic mass is 9.71. The average molecular weight is 285 g/mol. The lowest BCUT2D eigenvalue weighted by Crippen LogP contribution is -2.43. The van der Waals surface area contributed by atoms with Gasteiger partial charge in [-0.15, -0.1) is 0 Å². The van der Waals surface area contributed by atoms with Gasteiger partial charge in [0.25, 0.3) is 0 Å². The summed E-state index contributed by atoms with van der Waals surface area (Å²) in [7, 11) is 0. The number of aromatic carboxylic acids is 1. The van der Waals surface area contributed by atoms with Gasteiger partial charge in [-0.3, -0.25) is 4.90 Å². The second-order valence-corrected chi connectivity index (χ2v) is 6.53. The summed E-state index contributed by atoms with van der Waals surface area (Å²) in [5.41, 5.74) is 1.97. The Bertz CT molecular complexity index is 552. The van der Waals surface area contributed by atoms with E-state index in [1.54, 1.807) is 6.07 Å². The molecule has 0 bridgehead atoms. The molecule has 3 heteroatoms. The third-order valence-corrected chi connectivity index (χ3v) is 4.88. The topological polar surface area (TPSA) is 40.5 Å². The highest BCUT2D eigenvalue weighted by atomic mass is 16.4. The first-order valence-corrected chi connectivity index (χ1v) is 7.87. The molecular formula is C18H23NO2. The van der Waals surface area contributed by atoms with E-state index in [1.165, 1.54) is 32.1 Å². The van der Waals surface area contributed by atoms with Gasteiger partial charge in [-0.25, -0.2) is 4.79 Å². The summed E-state index contributed by atoms with van der Waals surface area (Å²) in [5, 5.41) is 9.09. The van der Waals surface area contributed by atoms with Crippen molar-refractivity contribution in [3.8, 4) is 0 Å². The number of rotatable bonds is 3. The standard InChI is InChI=1S/C18H23NO2/c20-17(21)16-7-4-6-15(12-16)13-19-11-5-10-18(14-19)8-2-1-3-9-18/h1-2,4,6-7,12H,3,5,8-11,13-14H2,(H,20,21). The summed E-state index contributed by atoms with van der Waals surface area (Å²) >= 11 is 0. The number of carboxylic acids is 1. The molecule has 1 heterocycles. The van der Waals surface area contributed by atoms with Crippen LogP contribution in [-0.4, -0.2) is 29.1 Å². The molecule has 3 rings (SSSR count). The Morgan fingerprint density at radius 1 is 1.29 bits per heavy atom. The Labute approximate surface area is 126 Å². The Hall–Kier alpha value is -1.61. The first-order valence-electron chi connectivity index (χ1n) is 7.87. The lowest BCUT2D eigenvalue weighted by Gasteiger charge is -2.44. The van der Waals surface area contributed by atoms with Gasteiger partial charge in [0.05, 0.1) is 5.56 Å².